The average molecular weight is 468 g/mol. The molecule has 1 aliphatic heterocycles. The molecule has 0 bridgehead atoms. The second kappa shape index (κ2) is 11.6. The summed E-state index contributed by atoms with van der Waals surface area (Å²) >= 11 is 0. The molecule has 0 unspecified atom stereocenters. The summed E-state index contributed by atoms with van der Waals surface area (Å²) in [5.41, 5.74) is 1.43. The quantitative estimate of drug-likeness (QED) is 0.672. The molecule has 5 nitrogen and oxygen atoms in total. The second-order valence-corrected chi connectivity index (χ2v) is 8.09. The lowest BCUT2D eigenvalue weighted by atomic mass is 10.1. The molecule has 1 amide bonds. The third-order valence-electron chi connectivity index (χ3n) is 5.82. The molecule has 176 valence electrons. The first-order valence-corrected chi connectivity index (χ1v) is 10.4. The monoisotopic (exact) mass is 467 g/mol. The second-order valence-electron chi connectivity index (χ2n) is 8.09. The van der Waals surface area contributed by atoms with Crippen LogP contribution in [0.1, 0.15) is 30.9 Å². The van der Waals surface area contributed by atoms with Gasteiger partial charge in [-0.25, -0.2) is 8.78 Å². The van der Waals surface area contributed by atoms with Gasteiger partial charge < -0.3 is 19.9 Å². The van der Waals surface area contributed by atoms with E-state index in [1.54, 1.807) is 0 Å². The van der Waals surface area contributed by atoms with Gasteiger partial charge in [0.05, 0.1) is 6.54 Å². The summed E-state index contributed by atoms with van der Waals surface area (Å²) in [6.45, 7) is 3.67. The summed E-state index contributed by atoms with van der Waals surface area (Å²) in [7, 11) is 2.05. The predicted molar refractivity (Wildman–Crippen MR) is 124 cm³/mol. The SMILES string of the molecule is C.CN1CCN(C(=O)CN[C@@H]2C[C@H]2c2cc(F)cc(F)c2OCc2ccccc2)CC1.Cl. The van der Waals surface area contributed by atoms with E-state index in [4.69, 9.17) is 4.74 Å². The maximum atomic E-state index is 14.5. The minimum absolute atomic E-state index is 0. The number of rotatable bonds is 7. The zero-order chi connectivity index (χ0) is 21.1. The van der Waals surface area contributed by atoms with E-state index in [0.717, 1.165) is 44.2 Å². The number of carbonyl (C=O) groups excluding carboxylic acids is 1. The van der Waals surface area contributed by atoms with Crippen LogP contribution in [0.15, 0.2) is 42.5 Å². The van der Waals surface area contributed by atoms with Gasteiger partial charge >= 0.3 is 0 Å². The molecule has 0 aromatic heterocycles. The highest BCUT2D eigenvalue weighted by molar-refractivity contribution is 5.85. The van der Waals surface area contributed by atoms with Crippen LogP contribution in [0.3, 0.4) is 0 Å². The summed E-state index contributed by atoms with van der Waals surface area (Å²) in [5, 5.41) is 3.25. The average Bonchev–Trinajstić information content (AvgIpc) is 3.52. The van der Waals surface area contributed by atoms with Gasteiger partial charge in [-0.1, -0.05) is 37.8 Å². The first-order valence-electron chi connectivity index (χ1n) is 10.4. The number of nitrogens with zero attached hydrogens (tertiary/aromatic N) is 2. The Labute approximate surface area is 195 Å². The molecule has 1 heterocycles. The zero-order valence-electron chi connectivity index (χ0n) is 17.5. The number of halogens is 3. The summed E-state index contributed by atoms with van der Waals surface area (Å²) in [6, 6.07) is 11.7. The van der Waals surface area contributed by atoms with E-state index in [1.165, 1.54) is 6.07 Å². The molecule has 8 heteroatoms. The van der Waals surface area contributed by atoms with Gasteiger partial charge in [-0.3, -0.25) is 4.79 Å². The van der Waals surface area contributed by atoms with Crippen molar-refractivity contribution in [3.05, 3.63) is 65.2 Å². The zero-order valence-corrected chi connectivity index (χ0v) is 18.3. The van der Waals surface area contributed by atoms with E-state index in [0.29, 0.717) is 5.56 Å². The Morgan fingerprint density at radius 3 is 2.50 bits per heavy atom. The van der Waals surface area contributed by atoms with E-state index in [9.17, 15) is 13.6 Å². The van der Waals surface area contributed by atoms with Crippen LogP contribution in [0.2, 0.25) is 0 Å². The number of hydrogen-bond acceptors (Lipinski definition) is 4. The largest absolute Gasteiger partial charge is 0.486 e. The number of amides is 1. The van der Waals surface area contributed by atoms with Crippen LogP contribution in [0.5, 0.6) is 5.75 Å². The van der Waals surface area contributed by atoms with Gasteiger partial charge in [0.2, 0.25) is 5.91 Å². The van der Waals surface area contributed by atoms with Gasteiger partial charge in [0.25, 0.3) is 0 Å². The number of carbonyl (C=O) groups is 1. The van der Waals surface area contributed by atoms with Crippen LogP contribution < -0.4 is 10.1 Å². The number of nitrogens with one attached hydrogen (secondary N) is 1. The van der Waals surface area contributed by atoms with Crippen molar-refractivity contribution in [2.24, 2.45) is 0 Å². The van der Waals surface area contributed by atoms with Crippen LogP contribution in [0, 0.1) is 11.6 Å². The predicted octanol–water partition coefficient (Wildman–Crippen LogP) is 3.82. The van der Waals surface area contributed by atoms with E-state index < -0.39 is 11.6 Å². The highest BCUT2D eigenvalue weighted by Gasteiger charge is 2.41. The van der Waals surface area contributed by atoms with Gasteiger partial charge in [0.1, 0.15) is 12.4 Å². The van der Waals surface area contributed by atoms with E-state index >= 15 is 0 Å². The van der Waals surface area contributed by atoms with Gasteiger partial charge in [0.15, 0.2) is 11.6 Å². The third kappa shape index (κ3) is 6.40. The maximum absolute atomic E-state index is 14.5. The number of hydrogen-bond donors (Lipinski definition) is 1. The molecule has 1 aliphatic carbocycles. The van der Waals surface area contributed by atoms with E-state index in [1.807, 2.05) is 42.3 Å². The maximum Gasteiger partial charge on any atom is 0.236 e. The Balaban J connectivity index is 0.00000181. The molecule has 2 aromatic rings. The van der Waals surface area contributed by atoms with Crippen molar-refractivity contribution in [1.29, 1.82) is 0 Å². The molecule has 32 heavy (non-hydrogen) atoms. The number of ether oxygens (including phenoxy) is 1. The normalized spacial score (nSPS) is 20.2. The minimum Gasteiger partial charge on any atom is -0.486 e. The molecule has 1 saturated carbocycles. The summed E-state index contributed by atoms with van der Waals surface area (Å²) < 4.78 is 34.1. The smallest absolute Gasteiger partial charge is 0.236 e. The highest BCUT2D eigenvalue weighted by Crippen LogP contribution is 2.46. The van der Waals surface area contributed by atoms with Crippen LogP contribution in [-0.2, 0) is 11.4 Å². The van der Waals surface area contributed by atoms with Crippen molar-refractivity contribution in [1.82, 2.24) is 15.1 Å². The summed E-state index contributed by atoms with van der Waals surface area (Å²) in [6.07, 6.45) is 0.723. The summed E-state index contributed by atoms with van der Waals surface area (Å²) in [5.74, 6) is -1.21. The first-order chi connectivity index (χ1) is 14.5. The molecule has 1 saturated heterocycles. The number of likely N-dealkylation sites (N-methyl/N-ethyl adjacent to an activating group) is 1. The van der Waals surface area contributed by atoms with Gasteiger partial charge in [0, 0.05) is 49.8 Å². The lowest BCUT2D eigenvalue weighted by molar-refractivity contribution is -0.131. The van der Waals surface area contributed by atoms with E-state index in [2.05, 4.69) is 10.2 Å². The van der Waals surface area contributed by atoms with E-state index in [-0.39, 0.29) is 56.6 Å². The molecular weight excluding hydrogens is 436 g/mol. The Hall–Kier alpha value is -2.22. The van der Waals surface area contributed by atoms with Crippen molar-refractivity contribution in [3.8, 4) is 5.75 Å². The standard InChI is InChI=1S/C23H27F2N3O2.CH4.ClH/c1-27-7-9-28(10-8-27)22(29)14-26-21-13-18(21)19-11-17(24)12-20(25)23(19)30-15-16-5-3-2-4-6-16;;/h2-6,11-12,18,21,26H,7-10,13-15H2,1H3;1H4;1H/t18-,21+;;/m0../s1. The fourth-order valence-corrected chi connectivity index (χ4v) is 3.89. The number of benzene rings is 2. The first kappa shape index (κ1) is 26.0. The van der Waals surface area contributed by atoms with Crippen LogP contribution in [0.25, 0.3) is 0 Å². The lowest BCUT2D eigenvalue weighted by Gasteiger charge is -2.32. The topological polar surface area (TPSA) is 44.8 Å². The van der Waals surface area contributed by atoms with Crippen LogP contribution >= 0.6 is 12.4 Å². The van der Waals surface area contributed by atoms with Gasteiger partial charge in [-0.15, -0.1) is 12.4 Å². The van der Waals surface area contributed by atoms with Crippen molar-refractivity contribution in [2.75, 3.05) is 39.8 Å². The third-order valence-corrected chi connectivity index (χ3v) is 5.82. The Bertz CT molecular complexity index is 892. The molecule has 2 aromatic carbocycles. The van der Waals surface area contributed by atoms with Crippen LogP contribution in [0.4, 0.5) is 8.78 Å². The minimum atomic E-state index is -0.694. The number of piperazine rings is 1. The van der Waals surface area contributed by atoms with Crippen molar-refractivity contribution < 1.29 is 18.3 Å². The molecule has 2 aliphatic rings. The summed E-state index contributed by atoms with van der Waals surface area (Å²) in [4.78, 5) is 16.5. The Morgan fingerprint density at radius 1 is 1.12 bits per heavy atom. The highest BCUT2D eigenvalue weighted by atomic mass is 35.5. The van der Waals surface area contributed by atoms with Crippen LogP contribution in [-0.4, -0.2) is 61.5 Å². The molecule has 4 rings (SSSR count). The molecular formula is C24H32ClF2N3O2. The fraction of sp³-hybridized carbons (Fsp3) is 0.458. The Kier molecular flexibility index (Phi) is 9.43. The van der Waals surface area contributed by atoms with Crippen molar-refractivity contribution >= 4 is 18.3 Å². The van der Waals surface area contributed by atoms with Gasteiger partial charge in [-0.05, 0) is 25.1 Å². The molecule has 2 atom stereocenters. The molecule has 0 radical (unpaired) electrons. The molecule has 0 spiro atoms. The van der Waals surface area contributed by atoms with Gasteiger partial charge in [-0.2, -0.15) is 0 Å². The van der Waals surface area contributed by atoms with Crippen molar-refractivity contribution in [3.63, 3.8) is 0 Å². The molecule has 1 N–H and O–H groups in total. The Morgan fingerprint density at radius 2 is 1.81 bits per heavy atom. The fourth-order valence-electron chi connectivity index (χ4n) is 3.89. The van der Waals surface area contributed by atoms with Crippen molar-refractivity contribution in [2.45, 2.75) is 32.4 Å². The molecule has 2 fully saturated rings. The lowest BCUT2D eigenvalue weighted by Crippen LogP contribution is -2.49.